The van der Waals surface area contributed by atoms with Gasteiger partial charge < -0.3 is 10.4 Å². The summed E-state index contributed by atoms with van der Waals surface area (Å²) in [6.07, 6.45) is 3.26. The number of aromatic nitrogens is 3. The molecule has 0 aliphatic rings. The number of pyridine rings is 2. The van der Waals surface area contributed by atoms with Crippen molar-refractivity contribution in [2.45, 2.75) is 13.0 Å². The van der Waals surface area contributed by atoms with Gasteiger partial charge >= 0.3 is 5.97 Å². The number of hydrogen-bond acceptors (Lipinski definition) is 5. The third-order valence-corrected chi connectivity index (χ3v) is 7.04. The van der Waals surface area contributed by atoms with Crippen LogP contribution in [0.1, 0.15) is 55.6 Å². The molecule has 6 rings (SSSR count). The monoisotopic (exact) mass is 540 g/mol. The lowest BCUT2D eigenvalue weighted by Gasteiger charge is -2.17. The zero-order valence-electron chi connectivity index (χ0n) is 22.0. The van der Waals surface area contributed by atoms with Gasteiger partial charge in [0.1, 0.15) is 5.69 Å². The number of fused-ring (bicyclic) bond motifs is 2. The topological polar surface area (TPSA) is 114 Å². The molecule has 0 fully saturated rings. The van der Waals surface area contributed by atoms with E-state index in [0.29, 0.717) is 16.6 Å². The maximum atomic E-state index is 13.8. The Bertz CT molecular complexity index is 1950. The maximum absolute atomic E-state index is 13.8. The molecule has 8 heteroatoms. The molecule has 2 N–H and O–H groups in total. The Morgan fingerprint density at radius 3 is 2.32 bits per heavy atom. The van der Waals surface area contributed by atoms with Gasteiger partial charge in [-0.15, -0.1) is 0 Å². The van der Waals surface area contributed by atoms with Crippen LogP contribution < -0.4 is 5.32 Å². The quantitative estimate of drug-likeness (QED) is 0.241. The number of carbonyl (C=O) groups excluding carboxylic acids is 2. The standard InChI is InChI=1S/C33H24N4O4/c1-20(21-9-12-24(13-10-21)33(40)41)36-32(39)29-18-26(22-6-3-2-4-7-22)16-27-19-35-31(37(27)29)30(38)25-14-11-23-8-5-15-34-28(23)17-25/h2-20H,1H3,(H,36,39)(H,40,41)/t20-/m0/s1. The van der Waals surface area contributed by atoms with E-state index in [1.54, 1.807) is 47.1 Å². The molecule has 0 unspecified atom stereocenters. The highest BCUT2D eigenvalue weighted by atomic mass is 16.4. The number of aromatic carboxylic acids is 1. The number of nitrogens with zero attached hydrogens (tertiary/aromatic N) is 3. The summed E-state index contributed by atoms with van der Waals surface area (Å²) < 4.78 is 1.58. The molecule has 41 heavy (non-hydrogen) atoms. The first kappa shape index (κ1) is 25.6. The molecule has 0 radical (unpaired) electrons. The van der Waals surface area contributed by atoms with E-state index >= 15 is 0 Å². The van der Waals surface area contributed by atoms with Crippen LogP contribution in [0.4, 0.5) is 0 Å². The number of rotatable bonds is 7. The van der Waals surface area contributed by atoms with E-state index in [1.165, 1.54) is 12.1 Å². The van der Waals surface area contributed by atoms with Crippen molar-refractivity contribution in [3.8, 4) is 11.1 Å². The molecule has 1 amide bonds. The first-order valence-corrected chi connectivity index (χ1v) is 13.0. The van der Waals surface area contributed by atoms with Crippen LogP contribution in [0.2, 0.25) is 0 Å². The van der Waals surface area contributed by atoms with Gasteiger partial charge in [-0.05, 0) is 60.0 Å². The molecule has 8 nitrogen and oxygen atoms in total. The average Bonchev–Trinajstić information content (AvgIpc) is 3.44. The van der Waals surface area contributed by atoms with Crippen LogP contribution in [0.5, 0.6) is 0 Å². The van der Waals surface area contributed by atoms with Gasteiger partial charge in [0.2, 0.25) is 5.78 Å². The SMILES string of the molecule is C[C@H](NC(=O)c1cc(-c2ccccc2)cc2cnc(C(=O)c3ccc4cccnc4c3)n12)c1ccc(C(=O)O)cc1. The number of carboxylic acids is 1. The Labute approximate surface area is 234 Å². The van der Waals surface area contributed by atoms with Gasteiger partial charge in [-0.3, -0.25) is 19.0 Å². The summed E-state index contributed by atoms with van der Waals surface area (Å²) in [4.78, 5) is 47.6. The molecule has 3 aromatic carbocycles. The molecule has 1 atom stereocenters. The van der Waals surface area contributed by atoms with Gasteiger partial charge in [0.25, 0.3) is 5.91 Å². The van der Waals surface area contributed by atoms with E-state index in [-0.39, 0.29) is 22.9 Å². The van der Waals surface area contributed by atoms with E-state index < -0.39 is 17.9 Å². The second-order valence-corrected chi connectivity index (χ2v) is 9.70. The van der Waals surface area contributed by atoms with E-state index in [2.05, 4.69) is 15.3 Å². The first-order chi connectivity index (χ1) is 19.9. The van der Waals surface area contributed by atoms with Crippen LogP contribution >= 0.6 is 0 Å². The van der Waals surface area contributed by atoms with Crippen LogP contribution in [0, 0.1) is 0 Å². The summed E-state index contributed by atoms with van der Waals surface area (Å²) in [5.74, 6) is -1.66. The molecular weight excluding hydrogens is 516 g/mol. The fourth-order valence-electron chi connectivity index (χ4n) is 4.86. The van der Waals surface area contributed by atoms with Crippen molar-refractivity contribution in [1.29, 1.82) is 0 Å². The summed E-state index contributed by atoms with van der Waals surface area (Å²) >= 11 is 0. The van der Waals surface area contributed by atoms with Crippen LogP contribution in [0.25, 0.3) is 27.5 Å². The van der Waals surface area contributed by atoms with Crippen LogP contribution in [-0.2, 0) is 0 Å². The highest BCUT2D eigenvalue weighted by molar-refractivity contribution is 6.09. The van der Waals surface area contributed by atoms with Crippen molar-refractivity contribution in [2.75, 3.05) is 0 Å². The van der Waals surface area contributed by atoms with Gasteiger partial charge in [-0.25, -0.2) is 9.78 Å². The van der Waals surface area contributed by atoms with E-state index in [9.17, 15) is 19.5 Å². The van der Waals surface area contributed by atoms with Crippen molar-refractivity contribution in [2.24, 2.45) is 0 Å². The third-order valence-electron chi connectivity index (χ3n) is 7.04. The van der Waals surface area contributed by atoms with Crippen LogP contribution in [0.15, 0.2) is 109 Å². The van der Waals surface area contributed by atoms with Crippen molar-refractivity contribution in [1.82, 2.24) is 19.7 Å². The minimum absolute atomic E-state index is 0.110. The van der Waals surface area contributed by atoms with Gasteiger partial charge in [0.15, 0.2) is 5.82 Å². The minimum Gasteiger partial charge on any atom is -0.478 e. The normalized spacial score (nSPS) is 11.8. The fraction of sp³-hybridized carbons (Fsp3) is 0.0606. The number of ketones is 1. The van der Waals surface area contributed by atoms with Crippen molar-refractivity contribution in [3.05, 3.63) is 138 Å². The fourth-order valence-corrected chi connectivity index (χ4v) is 4.86. The number of imidazole rings is 1. The molecule has 0 saturated carbocycles. The second kappa shape index (κ2) is 10.5. The molecule has 0 aliphatic heterocycles. The highest BCUT2D eigenvalue weighted by Crippen LogP contribution is 2.26. The molecule has 0 bridgehead atoms. The van der Waals surface area contributed by atoms with Gasteiger partial charge in [0, 0.05) is 17.1 Å². The van der Waals surface area contributed by atoms with Crippen LogP contribution in [0.3, 0.4) is 0 Å². The van der Waals surface area contributed by atoms with E-state index in [1.807, 2.05) is 61.5 Å². The van der Waals surface area contributed by atoms with Crippen LogP contribution in [-0.4, -0.2) is 37.1 Å². The Morgan fingerprint density at radius 1 is 0.805 bits per heavy atom. The molecule has 0 saturated heterocycles. The predicted molar refractivity (Wildman–Crippen MR) is 155 cm³/mol. The molecule has 0 aliphatic carbocycles. The first-order valence-electron chi connectivity index (χ1n) is 13.0. The molecule has 3 heterocycles. The van der Waals surface area contributed by atoms with Gasteiger partial charge in [-0.1, -0.05) is 60.7 Å². The number of amides is 1. The predicted octanol–water partition coefficient (Wildman–Crippen LogP) is 5.97. The van der Waals surface area contributed by atoms with Crippen molar-refractivity contribution < 1.29 is 19.5 Å². The molecule has 200 valence electrons. The Kier molecular flexibility index (Phi) is 6.57. The smallest absolute Gasteiger partial charge is 0.335 e. The number of benzene rings is 3. The van der Waals surface area contributed by atoms with Crippen molar-refractivity contribution >= 4 is 34.1 Å². The molecule has 6 aromatic rings. The lowest BCUT2D eigenvalue weighted by Crippen LogP contribution is -2.29. The second-order valence-electron chi connectivity index (χ2n) is 9.70. The Hall–Kier alpha value is -5.63. The van der Waals surface area contributed by atoms with Gasteiger partial charge in [0.05, 0.1) is 28.8 Å². The summed E-state index contributed by atoms with van der Waals surface area (Å²) in [7, 11) is 0. The highest BCUT2D eigenvalue weighted by Gasteiger charge is 2.23. The zero-order valence-corrected chi connectivity index (χ0v) is 22.0. The zero-order chi connectivity index (χ0) is 28.5. The summed E-state index contributed by atoms with van der Waals surface area (Å²) in [6.45, 7) is 1.81. The van der Waals surface area contributed by atoms with Gasteiger partial charge in [-0.2, -0.15) is 0 Å². The maximum Gasteiger partial charge on any atom is 0.335 e. The molecule has 0 spiro atoms. The minimum atomic E-state index is -1.02. The Morgan fingerprint density at radius 2 is 1.56 bits per heavy atom. The number of nitrogens with one attached hydrogen (secondary N) is 1. The number of carbonyl (C=O) groups is 3. The average molecular weight is 541 g/mol. The third kappa shape index (κ3) is 4.94. The number of carboxylic acid groups (broad SMARTS) is 1. The summed E-state index contributed by atoms with van der Waals surface area (Å²) in [5.41, 5.74) is 4.55. The lowest BCUT2D eigenvalue weighted by atomic mass is 10.0. The summed E-state index contributed by atoms with van der Waals surface area (Å²) in [6, 6.07) is 28.2. The summed E-state index contributed by atoms with van der Waals surface area (Å²) in [5, 5.41) is 13.1. The van der Waals surface area contributed by atoms with E-state index in [0.717, 1.165) is 22.1 Å². The van der Waals surface area contributed by atoms with E-state index in [4.69, 9.17) is 0 Å². The molecular formula is C33H24N4O4. The largest absolute Gasteiger partial charge is 0.478 e. The molecule has 3 aromatic heterocycles. The number of hydrogen-bond donors (Lipinski definition) is 2. The Balaban J connectivity index is 1.42. The van der Waals surface area contributed by atoms with Crippen molar-refractivity contribution in [3.63, 3.8) is 0 Å². The lowest BCUT2D eigenvalue weighted by molar-refractivity contribution is 0.0696.